The maximum atomic E-state index is 11.2. The maximum Gasteiger partial charge on any atom is 0.321 e. The highest BCUT2D eigenvalue weighted by Gasteiger charge is 2.30. The Kier molecular flexibility index (Phi) is 6.26. The van der Waals surface area contributed by atoms with Crippen molar-refractivity contribution in [3.63, 3.8) is 0 Å². The van der Waals surface area contributed by atoms with Crippen molar-refractivity contribution in [2.24, 2.45) is 0 Å². The van der Waals surface area contributed by atoms with Crippen LogP contribution in [-0.4, -0.2) is 30.0 Å². The Hall–Kier alpha value is -2.96. The van der Waals surface area contributed by atoms with E-state index >= 15 is 0 Å². The first-order valence-electron chi connectivity index (χ1n) is 9.69. The summed E-state index contributed by atoms with van der Waals surface area (Å²) >= 11 is 1.59. The highest BCUT2D eigenvalue weighted by atomic mass is 32.2. The fourth-order valence-corrected chi connectivity index (χ4v) is 4.64. The van der Waals surface area contributed by atoms with E-state index < -0.39 is 12.0 Å². The quantitative estimate of drug-likeness (QED) is 0.575. The highest BCUT2D eigenvalue weighted by Crippen LogP contribution is 2.35. The van der Waals surface area contributed by atoms with E-state index in [4.69, 9.17) is 9.47 Å². The molecule has 6 heteroatoms. The molecule has 0 bridgehead atoms. The molecular formula is C24H23NO4S. The molecule has 1 aliphatic rings. The number of ether oxygens (including phenoxy) is 2. The van der Waals surface area contributed by atoms with E-state index in [0.717, 1.165) is 28.2 Å². The van der Waals surface area contributed by atoms with Gasteiger partial charge in [-0.15, -0.1) is 11.8 Å². The van der Waals surface area contributed by atoms with Gasteiger partial charge < -0.3 is 14.6 Å². The Morgan fingerprint density at radius 1 is 1.07 bits per heavy atom. The lowest BCUT2D eigenvalue weighted by Gasteiger charge is -2.16. The van der Waals surface area contributed by atoms with Gasteiger partial charge >= 0.3 is 5.97 Å². The van der Waals surface area contributed by atoms with Crippen LogP contribution in [0.1, 0.15) is 16.5 Å². The number of carboxylic acids is 1. The van der Waals surface area contributed by atoms with Gasteiger partial charge in [-0.25, -0.2) is 0 Å². The summed E-state index contributed by atoms with van der Waals surface area (Å²) in [6.07, 6.45) is 0. The zero-order valence-electron chi connectivity index (χ0n) is 16.6. The highest BCUT2D eigenvalue weighted by molar-refractivity contribution is 7.99. The van der Waals surface area contributed by atoms with E-state index in [0.29, 0.717) is 12.4 Å². The molecule has 0 saturated carbocycles. The van der Waals surface area contributed by atoms with Crippen molar-refractivity contribution in [2.75, 3.05) is 12.9 Å². The number of rotatable bonds is 7. The van der Waals surface area contributed by atoms with Gasteiger partial charge in [0.25, 0.3) is 0 Å². The largest absolute Gasteiger partial charge is 0.496 e. The minimum atomic E-state index is -0.819. The molecule has 0 aromatic heterocycles. The molecule has 1 aliphatic heterocycles. The molecule has 0 radical (unpaired) electrons. The fraction of sp³-hybridized carbons (Fsp3) is 0.208. The van der Waals surface area contributed by atoms with Crippen LogP contribution in [0.3, 0.4) is 0 Å². The zero-order chi connectivity index (χ0) is 20.9. The zero-order valence-corrected chi connectivity index (χ0v) is 17.4. The lowest BCUT2D eigenvalue weighted by atomic mass is 10.1. The first kappa shape index (κ1) is 20.3. The van der Waals surface area contributed by atoms with Crippen molar-refractivity contribution >= 4 is 17.7 Å². The van der Waals surface area contributed by atoms with Crippen molar-refractivity contribution < 1.29 is 19.4 Å². The monoisotopic (exact) mass is 421 g/mol. The minimum Gasteiger partial charge on any atom is -0.496 e. The van der Waals surface area contributed by atoms with Gasteiger partial charge in [0.1, 0.15) is 24.1 Å². The van der Waals surface area contributed by atoms with Crippen LogP contribution >= 0.6 is 11.8 Å². The van der Waals surface area contributed by atoms with Gasteiger partial charge in [0.2, 0.25) is 0 Å². The molecule has 1 heterocycles. The molecule has 1 fully saturated rings. The molecule has 2 N–H and O–H groups in total. The number of aliphatic carboxylic acids is 1. The van der Waals surface area contributed by atoms with Gasteiger partial charge in [-0.1, -0.05) is 48.5 Å². The van der Waals surface area contributed by atoms with E-state index in [1.54, 1.807) is 18.9 Å². The topological polar surface area (TPSA) is 67.8 Å². The summed E-state index contributed by atoms with van der Waals surface area (Å²) in [5, 5.41) is 12.3. The standard InChI is InChI=1S/C24H23NO4S/c1-28-22-12-9-18(23-25-21(15-30-23)24(26)27)13-19(22)14-29-20-10-7-17(8-11-20)16-5-3-2-4-6-16/h2-13,21,23,25H,14-15H2,1H3,(H,26,27)/t21-,23-/m1/s1. The van der Waals surface area contributed by atoms with E-state index in [9.17, 15) is 9.90 Å². The van der Waals surface area contributed by atoms with Crippen LogP contribution in [-0.2, 0) is 11.4 Å². The average Bonchev–Trinajstić information content (AvgIpc) is 3.29. The van der Waals surface area contributed by atoms with Crippen LogP contribution in [0.5, 0.6) is 11.5 Å². The van der Waals surface area contributed by atoms with Gasteiger partial charge in [0, 0.05) is 11.3 Å². The number of methoxy groups -OCH3 is 1. The minimum absolute atomic E-state index is 0.0547. The van der Waals surface area contributed by atoms with Crippen LogP contribution in [0, 0.1) is 0 Å². The molecule has 1 saturated heterocycles. The molecular weight excluding hydrogens is 398 g/mol. The second-order valence-electron chi connectivity index (χ2n) is 7.02. The van der Waals surface area contributed by atoms with Crippen LogP contribution in [0.2, 0.25) is 0 Å². The number of thioether (sulfide) groups is 1. The smallest absolute Gasteiger partial charge is 0.321 e. The van der Waals surface area contributed by atoms with Crippen molar-refractivity contribution in [1.29, 1.82) is 0 Å². The third-order valence-electron chi connectivity index (χ3n) is 5.04. The van der Waals surface area contributed by atoms with Crippen LogP contribution in [0.15, 0.2) is 72.8 Å². The number of carbonyl (C=O) groups is 1. The predicted molar refractivity (Wildman–Crippen MR) is 119 cm³/mol. The van der Waals surface area contributed by atoms with E-state index in [-0.39, 0.29) is 5.37 Å². The maximum absolute atomic E-state index is 11.2. The number of hydrogen-bond acceptors (Lipinski definition) is 5. The fourth-order valence-electron chi connectivity index (χ4n) is 3.42. The molecule has 30 heavy (non-hydrogen) atoms. The molecule has 0 unspecified atom stereocenters. The van der Waals surface area contributed by atoms with Gasteiger partial charge in [-0.05, 0) is 41.0 Å². The molecule has 0 spiro atoms. The Morgan fingerprint density at radius 3 is 2.47 bits per heavy atom. The Balaban J connectivity index is 1.45. The predicted octanol–water partition coefficient (Wildman–Crippen LogP) is 4.73. The SMILES string of the molecule is COc1ccc([C@@H]2N[C@@H](C(=O)O)CS2)cc1COc1ccc(-c2ccccc2)cc1. The summed E-state index contributed by atoms with van der Waals surface area (Å²) in [6.45, 7) is 0.363. The summed E-state index contributed by atoms with van der Waals surface area (Å²) in [4.78, 5) is 11.2. The second-order valence-corrected chi connectivity index (χ2v) is 8.16. The first-order valence-corrected chi connectivity index (χ1v) is 10.7. The van der Waals surface area contributed by atoms with Crippen LogP contribution < -0.4 is 14.8 Å². The van der Waals surface area contributed by atoms with Gasteiger partial charge in [0.05, 0.1) is 12.5 Å². The number of carboxylic acid groups (broad SMARTS) is 1. The lowest BCUT2D eigenvalue weighted by Crippen LogP contribution is -2.33. The molecule has 0 aliphatic carbocycles. The average molecular weight is 422 g/mol. The molecule has 2 atom stereocenters. The molecule has 5 nitrogen and oxygen atoms in total. The number of hydrogen-bond donors (Lipinski definition) is 2. The third kappa shape index (κ3) is 4.61. The van der Waals surface area contributed by atoms with Crippen molar-refractivity contribution in [3.8, 4) is 22.6 Å². The number of nitrogens with one attached hydrogen (secondary N) is 1. The molecule has 3 aromatic carbocycles. The molecule has 4 rings (SSSR count). The van der Waals surface area contributed by atoms with Gasteiger partial charge in [0.15, 0.2) is 0 Å². The summed E-state index contributed by atoms with van der Waals surface area (Å²) < 4.78 is 11.5. The van der Waals surface area contributed by atoms with Crippen LogP contribution in [0.4, 0.5) is 0 Å². The normalized spacial score (nSPS) is 18.2. The second kappa shape index (κ2) is 9.24. The van der Waals surface area contributed by atoms with Crippen molar-refractivity contribution in [3.05, 3.63) is 83.9 Å². The Bertz CT molecular complexity index is 1010. The van der Waals surface area contributed by atoms with Gasteiger partial charge in [-0.2, -0.15) is 0 Å². The van der Waals surface area contributed by atoms with Crippen LogP contribution in [0.25, 0.3) is 11.1 Å². The number of benzene rings is 3. The summed E-state index contributed by atoms with van der Waals surface area (Å²) in [5.41, 5.74) is 4.24. The Morgan fingerprint density at radius 2 is 1.80 bits per heavy atom. The first-order chi connectivity index (χ1) is 14.6. The summed E-state index contributed by atoms with van der Waals surface area (Å²) in [6, 6.07) is 23.6. The molecule has 3 aromatic rings. The molecule has 0 amide bonds. The van der Waals surface area contributed by atoms with E-state index in [1.807, 2.05) is 60.7 Å². The van der Waals surface area contributed by atoms with Gasteiger partial charge in [-0.3, -0.25) is 10.1 Å². The summed E-state index contributed by atoms with van der Waals surface area (Å²) in [5.74, 6) is 1.26. The third-order valence-corrected chi connectivity index (χ3v) is 6.31. The van der Waals surface area contributed by atoms with Crippen molar-refractivity contribution in [2.45, 2.75) is 18.0 Å². The van der Waals surface area contributed by atoms with E-state index in [1.165, 1.54) is 5.56 Å². The Labute approximate surface area is 180 Å². The van der Waals surface area contributed by atoms with Crippen molar-refractivity contribution in [1.82, 2.24) is 5.32 Å². The molecule has 154 valence electrons. The summed E-state index contributed by atoms with van der Waals surface area (Å²) in [7, 11) is 1.64. The van der Waals surface area contributed by atoms with E-state index in [2.05, 4.69) is 17.4 Å². The lowest BCUT2D eigenvalue weighted by molar-refractivity contribution is -0.138.